The molecular weight excluding hydrogens is 580 g/mol. The van der Waals surface area contributed by atoms with Gasteiger partial charge in [0.1, 0.15) is 5.75 Å². The van der Waals surface area contributed by atoms with Crippen LogP contribution in [0.3, 0.4) is 0 Å². The molecule has 3 heterocycles. The lowest BCUT2D eigenvalue weighted by Crippen LogP contribution is -2.51. The van der Waals surface area contributed by atoms with Gasteiger partial charge in [-0.3, -0.25) is 9.59 Å². The van der Waals surface area contributed by atoms with E-state index in [1.807, 2.05) is 64.4 Å². The van der Waals surface area contributed by atoms with Crippen molar-refractivity contribution in [1.29, 1.82) is 0 Å². The summed E-state index contributed by atoms with van der Waals surface area (Å²) in [6, 6.07) is 21.7. The van der Waals surface area contributed by atoms with Crippen molar-refractivity contribution in [2.45, 2.75) is 63.1 Å². The summed E-state index contributed by atoms with van der Waals surface area (Å²) in [4.78, 5) is 30.8. The molecule has 4 atom stereocenters. The molecule has 0 aromatic heterocycles. The molecule has 3 aliphatic heterocycles. The number of aliphatic hydroxyl groups excluding tert-OH is 1. The van der Waals surface area contributed by atoms with E-state index in [9.17, 15) is 14.7 Å². The van der Waals surface area contributed by atoms with E-state index in [0.717, 1.165) is 34.7 Å². The molecule has 6 rings (SSSR count). The first-order valence-electron chi connectivity index (χ1n) is 15.1. The number of methoxy groups -OCH3 is 1. The van der Waals surface area contributed by atoms with Crippen molar-refractivity contribution in [2.75, 3.05) is 30.1 Å². The number of amides is 2. The summed E-state index contributed by atoms with van der Waals surface area (Å²) in [6.07, 6.45) is 1.56. The summed E-state index contributed by atoms with van der Waals surface area (Å²) in [6.45, 7) is 7.80. The van der Waals surface area contributed by atoms with Gasteiger partial charge in [-0.2, -0.15) is 0 Å². The van der Waals surface area contributed by atoms with Gasteiger partial charge in [0, 0.05) is 41.8 Å². The predicted molar refractivity (Wildman–Crippen MR) is 172 cm³/mol. The number of fused-ring (bicyclic) bond motifs is 2. The molecule has 0 unspecified atom stereocenters. The van der Waals surface area contributed by atoms with Gasteiger partial charge in [0.15, 0.2) is 5.60 Å². The van der Waals surface area contributed by atoms with Crippen molar-refractivity contribution in [2.24, 2.45) is 5.92 Å². The van der Waals surface area contributed by atoms with E-state index in [-0.39, 0.29) is 36.0 Å². The second-order valence-corrected chi connectivity index (χ2v) is 17.7. The number of halogens is 1. The smallest absolute Gasteiger partial charge is 0.264 e. The maximum atomic E-state index is 14.8. The number of hydrogen-bond donors (Lipinski definition) is 1. The Bertz CT molecular complexity index is 1550. The summed E-state index contributed by atoms with van der Waals surface area (Å²) < 4.78 is 12.4. The Hall–Kier alpha value is -3.17. The van der Waals surface area contributed by atoms with Crippen molar-refractivity contribution in [3.05, 3.63) is 82.9 Å². The number of carbonyl (C=O) groups is 2. The minimum absolute atomic E-state index is 0.0284. The number of hydrogen-bond acceptors (Lipinski definition) is 5. The minimum atomic E-state index is -2.26. The van der Waals surface area contributed by atoms with Gasteiger partial charge in [-0.05, 0) is 66.4 Å². The minimum Gasteiger partial charge on any atom is -0.497 e. The molecule has 7 nitrogen and oxygen atoms in total. The third-order valence-electron chi connectivity index (χ3n) is 9.85. The first-order valence-corrected chi connectivity index (χ1v) is 18.5. The van der Waals surface area contributed by atoms with Crippen LogP contribution in [-0.4, -0.2) is 51.4 Å². The van der Waals surface area contributed by atoms with Crippen molar-refractivity contribution in [3.63, 3.8) is 0 Å². The van der Waals surface area contributed by atoms with Gasteiger partial charge in [0.25, 0.3) is 5.91 Å². The van der Waals surface area contributed by atoms with Gasteiger partial charge < -0.3 is 24.4 Å². The lowest BCUT2D eigenvalue weighted by Gasteiger charge is -2.37. The Morgan fingerprint density at radius 1 is 1.09 bits per heavy atom. The van der Waals surface area contributed by atoms with Crippen LogP contribution < -0.4 is 19.7 Å². The summed E-state index contributed by atoms with van der Waals surface area (Å²) in [5.41, 5.74) is 2.20. The molecule has 43 heavy (non-hydrogen) atoms. The average molecular weight is 619 g/mol. The molecule has 0 saturated carbocycles. The predicted octanol–water partition coefficient (Wildman–Crippen LogP) is 5.62. The van der Waals surface area contributed by atoms with Crippen molar-refractivity contribution in [1.82, 2.24) is 0 Å². The third kappa shape index (κ3) is 4.88. The summed E-state index contributed by atoms with van der Waals surface area (Å²) >= 11 is 6.58. The van der Waals surface area contributed by atoms with Gasteiger partial charge in [0.05, 0.1) is 33.5 Å². The van der Waals surface area contributed by atoms with E-state index in [1.54, 1.807) is 7.11 Å². The number of rotatable bonds is 8. The number of carbonyl (C=O) groups excluding carboxylic acids is 2. The largest absolute Gasteiger partial charge is 0.497 e. The molecule has 0 aliphatic carbocycles. The Labute approximate surface area is 259 Å². The number of anilines is 2. The van der Waals surface area contributed by atoms with Gasteiger partial charge in [-0.25, -0.2) is 0 Å². The van der Waals surface area contributed by atoms with Crippen molar-refractivity contribution in [3.8, 4) is 5.75 Å². The molecule has 1 N–H and O–H groups in total. The number of nitrogens with zero attached hydrogens (tertiary/aromatic N) is 2. The highest BCUT2D eigenvalue weighted by Crippen LogP contribution is 2.60. The number of benzene rings is 3. The molecule has 3 aliphatic rings. The van der Waals surface area contributed by atoms with Crippen LogP contribution in [0.25, 0.3) is 0 Å². The first kappa shape index (κ1) is 29.9. The molecule has 9 heteroatoms. The van der Waals surface area contributed by atoms with Crippen LogP contribution >= 0.6 is 11.6 Å². The molecule has 1 spiro atoms. The zero-order valence-corrected chi connectivity index (χ0v) is 26.9. The second kappa shape index (κ2) is 11.4. The quantitative estimate of drug-likeness (QED) is 0.332. The summed E-state index contributed by atoms with van der Waals surface area (Å²) in [5.74, 6) is 0.656. The highest BCUT2D eigenvalue weighted by Gasteiger charge is 2.66. The van der Waals surface area contributed by atoms with Crippen LogP contribution in [0.2, 0.25) is 23.7 Å². The zero-order chi connectivity index (χ0) is 30.5. The Morgan fingerprint density at radius 2 is 1.86 bits per heavy atom. The van der Waals surface area contributed by atoms with E-state index in [1.165, 1.54) is 5.19 Å². The SMILES string of the molecule is COc1ccc([Si](C)(C)[C@H]2[C@H](CCO)O[C@@]3(C(=O)N(Cc4cccc(N5CCCC5=O)c4)c4ccc(Cl)cc43)[C@@H]2C)cc1. The lowest BCUT2D eigenvalue weighted by molar-refractivity contribution is -0.146. The normalized spacial score (nSPS) is 25.2. The van der Waals surface area contributed by atoms with Crippen molar-refractivity contribution < 1.29 is 24.2 Å². The highest BCUT2D eigenvalue weighted by molar-refractivity contribution is 6.91. The van der Waals surface area contributed by atoms with Crippen molar-refractivity contribution >= 4 is 48.1 Å². The number of aliphatic hydroxyl groups is 1. The van der Waals surface area contributed by atoms with E-state index in [0.29, 0.717) is 31.0 Å². The molecule has 2 saturated heterocycles. The molecule has 3 aromatic carbocycles. The molecule has 2 fully saturated rings. The van der Waals surface area contributed by atoms with Gasteiger partial charge in [-0.1, -0.05) is 61.1 Å². The zero-order valence-electron chi connectivity index (χ0n) is 25.2. The second-order valence-electron chi connectivity index (χ2n) is 12.5. The van der Waals surface area contributed by atoms with E-state index < -0.39 is 13.7 Å². The molecular formula is C34H39ClN2O5Si. The van der Waals surface area contributed by atoms with Gasteiger partial charge in [0.2, 0.25) is 5.91 Å². The van der Waals surface area contributed by atoms with Gasteiger partial charge in [-0.15, -0.1) is 0 Å². The lowest BCUT2D eigenvalue weighted by atomic mass is 9.82. The molecule has 0 radical (unpaired) electrons. The molecule has 3 aromatic rings. The van der Waals surface area contributed by atoms with E-state index in [4.69, 9.17) is 21.1 Å². The van der Waals surface area contributed by atoms with Crippen LogP contribution in [0, 0.1) is 5.92 Å². The Kier molecular flexibility index (Phi) is 7.92. The van der Waals surface area contributed by atoms with Crippen LogP contribution in [0.4, 0.5) is 11.4 Å². The summed E-state index contributed by atoms with van der Waals surface area (Å²) in [5, 5.41) is 11.9. The highest BCUT2D eigenvalue weighted by atomic mass is 35.5. The van der Waals surface area contributed by atoms with E-state index >= 15 is 0 Å². The van der Waals surface area contributed by atoms with Crippen LogP contribution in [0.5, 0.6) is 5.75 Å². The van der Waals surface area contributed by atoms with Crippen LogP contribution in [0.1, 0.15) is 37.3 Å². The maximum absolute atomic E-state index is 14.8. The third-order valence-corrected chi connectivity index (χ3v) is 14.4. The Morgan fingerprint density at radius 3 is 2.53 bits per heavy atom. The molecule has 0 bridgehead atoms. The van der Waals surface area contributed by atoms with E-state index in [2.05, 4.69) is 32.2 Å². The van der Waals surface area contributed by atoms with Crippen LogP contribution in [-0.2, 0) is 26.5 Å². The fraction of sp³-hybridized carbons (Fsp3) is 0.412. The maximum Gasteiger partial charge on any atom is 0.264 e. The molecule has 2 amide bonds. The van der Waals surface area contributed by atoms with Gasteiger partial charge >= 0.3 is 0 Å². The van der Waals surface area contributed by atoms with Crippen LogP contribution in [0.15, 0.2) is 66.7 Å². The fourth-order valence-electron chi connectivity index (χ4n) is 7.77. The average Bonchev–Trinajstić information content (AvgIpc) is 3.63. The summed E-state index contributed by atoms with van der Waals surface area (Å²) in [7, 11) is -0.601. The monoisotopic (exact) mass is 618 g/mol. The topological polar surface area (TPSA) is 79.3 Å². The standard InChI is InChI=1S/C34H39ClN2O5Si/c1-22-32(43(3,4)27-13-11-26(41-2)12-14-27)30(16-18-38)42-34(22)28-20-24(35)10-15-29(28)37(33(34)40)21-23-7-5-8-25(19-23)36-17-6-9-31(36)39/h5,7-8,10-15,19-20,22,30,32,38H,6,9,16-18,21H2,1-4H3/t22-,30+,32-,34+/m1/s1. The first-order chi connectivity index (χ1) is 20.6. The number of ether oxygens (including phenoxy) is 2. The molecule has 226 valence electrons. The fourth-order valence-corrected chi connectivity index (χ4v) is 12.0. The Balaban J connectivity index is 1.39.